The Morgan fingerprint density at radius 1 is 1.13 bits per heavy atom. The molecule has 0 spiro atoms. The Bertz CT molecular complexity index is 831. The second-order valence-electron chi connectivity index (χ2n) is 4.57. The predicted molar refractivity (Wildman–Crippen MR) is 85.7 cm³/mol. The zero-order valence-corrected chi connectivity index (χ0v) is 12.9. The molecule has 0 bridgehead atoms. The van der Waals surface area contributed by atoms with Crippen LogP contribution in [0.25, 0.3) is 11.5 Å². The molecule has 6 nitrogen and oxygen atoms in total. The number of benzene rings is 2. The second-order valence-corrected chi connectivity index (χ2v) is 4.98. The lowest BCUT2D eigenvalue weighted by molar-refractivity contribution is 0.102. The Morgan fingerprint density at radius 3 is 2.57 bits per heavy atom. The first-order chi connectivity index (χ1) is 11.2. The van der Waals surface area contributed by atoms with E-state index in [1.54, 1.807) is 55.6 Å². The normalized spacial score (nSPS) is 10.3. The Morgan fingerprint density at radius 2 is 1.87 bits per heavy atom. The number of nitrogens with zero attached hydrogens (tertiary/aromatic N) is 2. The van der Waals surface area contributed by atoms with Crippen LogP contribution in [0.2, 0.25) is 5.02 Å². The van der Waals surface area contributed by atoms with Crippen LogP contribution in [0.3, 0.4) is 0 Å². The maximum Gasteiger partial charge on any atom is 0.322 e. The van der Waals surface area contributed by atoms with E-state index in [0.29, 0.717) is 21.9 Å². The van der Waals surface area contributed by atoms with Gasteiger partial charge >= 0.3 is 6.01 Å². The van der Waals surface area contributed by atoms with Crippen molar-refractivity contribution in [3.05, 3.63) is 59.1 Å². The van der Waals surface area contributed by atoms with E-state index in [2.05, 4.69) is 15.5 Å². The number of carbonyl (C=O) groups is 1. The molecule has 0 saturated heterocycles. The largest absolute Gasteiger partial charge is 0.497 e. The van der Waals surface area contributed by atoms with Crippen molar-refractivity contribution in [2.24, 2.45) is 0 Å². The molecule has 0 aliphatic heterocycles. The Hall–Kier alpha value is -2.86. The zero-order chi connectivity index (χ0) is 16.2. The van der Waals surface area contributed by atoms with Crippen LogP contribution in [0.1, 0.15) is 10.4 Å². The summed E-state index contributed by atoms with van der Waals surface area (Å²) < 4.78 is 10.5. The van der Waals surface area contributed by atoms with Gasteiger partial charge in [0.25, 0.3) is 11.8 Å². The minimum Gasteiger partial charge on any atom is -0.497 e. The van der Waals surface area contributed by atoms with Crippen molar-refractivity contribution in [3.63, 3.8) is 0 Å². The molecule has 2 aromatic carbocycles. The van der Waals surface area contributed by atoms with Gasteiger partial charge < -0.3 is 9.15 Å². The molecule has 116 valence electrons. The third-order valence-electron chi connectivity index (χ3n) is 3.10. The van der Waals surface area contributed by atoms with E-state index >= 15 is 0 Å². The topological polar surface area (TPSA) is 77.2 Å². The summed E-state index contributed by atoms with van der Waals surface area (Å²) in [5, 5.41) is 10.7. The first-order valence-electron chi connectivity index (χ1n) is 6.71. The van der Waals surface area contributed by atoms with Gasteiger partial charge in [-0.25, -0.2) is 0 Å². The van der Waals surface area contributed by atoms with E-state index < -0.39 is 0 Å². The van der Waals surface area contributed by atoms with Crippen molar-refractivity contribution in [3.8, 4) is 17.2 Å². The van der Waals surface area contributed by atoms with Crippen LogP contribution in [0.15, 0.2) is 52.9 Å². The minimum absolute atomic E-state index is 0.000683. The molecule has 0 saturated carbocycles. The molecule has 1 N–H and O–H groups in total. The SMILES string of the molecule is COc1ccc(C(=O)Nc2nnc(-c3ccccc3Cl)o2)cc1. The van der Waals surface area contributed by atoms with Crippen molar-refractivity contribution in [1.82, 2.24) is 10.2 Å². The zero-order valence-electron chi connectivity index (χ0n) is 12.1. The van der Waals surface area contributed by atoms with Crippen molar-refractivity contribution in [2.45, 2.75) is 0 Å². The number of hydrogen-bond donors (Lipinski definition) is 1. The van der Waals surface area contributed by atoms with Gasteiger partial charge in [-0.2, -0.15) is 0 Å². The second kappa shape index (κ2) is 6.50. The number of nitrogens with one attached hydrogen (secondary N) is 1. The lowest BCUT2D eigenvalue weighted by Gasteiger charge is -2.02. The van der Waals surface area contributed by atoms with Crippen molar-refractivity contribution in [1.29, 1.82) is 0 Å². The van der Waals surface area contributed by atoms with Crippen molar-refractivity contribution >= 4 is 23.5 Å². The summed E-state index contributed by atoms with van der Waals surface area (Å²) in [5.74, 6) is 0.544. The molecule has 0 aliphatic carbocycles. The van der Waals surface area contributed by atoms with Crippen molar-refractivity contribution < 1.29 is 13.9 Å². The van der Waals surface area contributed by atoms with Crippen LogP contribution in [0.4, 0.5) is 6.01 Å². The van der Waals surface area contributed by atoms with Crippen LogP contribution in [0.5, 0.6) is 5.75 Å². The average molecular weight is 330 g/mol. The van der Waals surface area contributed by atoms with E-state index in [9.17, 15) is 4.79 Å². The maximum atomic E-state index is 12.1. The molecule has 0 atom stereocenters. The van der Waals surface area contributed by atoms with Gasteiger partial charge in [0.05, 0.1) is 17.7 Å². The van der Waals surface area contributed by atoms with Gasteiger partial charge in [0.2, 0.25) is 0 Å². The standard InChI is InChI=1S/C16H12ClN3O3/c1-22-11-8-6-10(7-9-11)14(21)18-16-20-19-15(23-16)12-4-2-3-5-13(12)17/h2-9H,1H3,(H,18,20,21). The third-order valence-corrected chi connectivity index (χ3v) is 3.43. The lowest BCUT2D eigenvalue weighted by atomic mass is 10.2. The summed E-state index contributed by atoms with van der Waals surface area (Å²) in [5.41, 5.74) is 1.05. The van der Waals surface area contributed by atoms with Crippen LogP contribution in [-0.2, 0) is 0 Å². The summed E-state index contributed by atoms with van der Waals surface area (Å²) in [6.07, 6.45) is 0. The number of carbonyl (C=O) groups excluding carboxylic acids is 1. The minimum atomic E-state index is -0.359. The molecule has 3 rings (SSSR count). The lowest BCUT2D eigenvalue weighted by Crippen LogP contribution is -2.11. The highest BCUT2D eigenvalue weighted by molar-refractivity contribution is 6.33. The molecule has 0 radical (unpaired) electrons. The van der Waals surface area contributed by atoms with Crippen molar-refractivity contribution in [2.75, 3.05) is 12.4 Å². The van der Waals surface area contributed by atoms with E-state index in [-0.39, 0.29) is 17.8 Å². The van der Waals surface area contributed by atoms with Crippen LogP contribution < -0.4 is 10.1 Å². The van der Waals surface area contributed by atoms with Crippen LogP contribution in [-0.4, -0.2) is 23.2 Å². The molecular formula is C16H12ClN3O3. The highest BCUT2D eigenvalue weighted by Gasteiger charge is 2.14. The van der Waals surface area contributed by atoms with E-state index in [1.807, 2.05) is 0 Å². The van der Waals surface area contributed by atoms with E-state index in [4.69, 9.17) is 20.8 Å². The highest BCUT2D eigenvalue weighted by Crippen LogP contribution is 2.27. The van der Waals surface area contributed by atoms with Gasteiger partial charge in [-0.05, 0) is 36.4 Å². The molecule has 1 amide bonds. The molecule has 1 heterocycles. The van der Waals surface area contributed by atoms with Crippen LogP contribution >= 0.6 is 11.6 Å². The molecule has 0 unspecified atom stereocenters. The fourth-order valence-electron chi connectivity index (χ4n) is 1.93. The maximum absolute atomic E-state index is 12.1. The number of anilines is 1. The third kappa shape index (κ3) is 3.32. The fraction of sp³-hybridized carbons (Fsp3) is 0.0625. The first kappa shape index (κ1) is 15.1. The predicted octanol–water partition coefficient (Wildman–Crippen LogP) is 3.65. The van der Waals surface area contributed by atoms with E-state index in [1.165, 1.54) is 0 Å². The summed E-state index contributed by atoms with van der Waals surface area (Å²) in [6, 6.07) is 13.7. The van der Waals surface area contributed by atoms with Gasteiger partial charge in [0.15, 0.2) is 0 Å². The van der Waals surface area contributed by atoms with Gasteiger partial charge in [-0.1, -0.05) is 28.8 Å². The molecule has 7 heteroatoms. The Labute approximate surface area is 137 Å². The number of halogens is 1. The Balaban J connectivity index is 1.76. The van der Waals surface area contributed by atoms with Gasteiger partial charge in [0, 0.05) is 5.56 Å². The first-order valence-corrected chi connectivity index (χ1v) is 7.09. The number of methoxy groups -OCH3 is 1. The van der Waals surface area contributed by atoms with E-state index in [0.717, 1.165) is 0 Å². The molecule has 1 aromatic heterocycles. The number of hydrogen-bond acceptors (Lipinski definition) is 5. The fourth-order valence-corrected chi connectivity index (χ4v) is 2.15. The van der Waals surface area contributed by atoms with Gasteiger partial charge in [0.1, 0.15) is 5.75 Å². The smallest absolute Gasteiger partial charge is 0.322 e. The number of amides is 1. The van der Waals surface area contributed by atoms with Crippen LogP contribution in [0, 0.1) is 0 Å². The van der Waals surface area contributed by atoms with Gasteiger partial charge in [-0.15, -0.1) is 5.10 Å². The summed E-state index contributed by atoms with van der Waals surface area (Å²) in [6.45, 7) is 0. The molecular weight excluding hydrogens is 318 g/mol. The van der Waals surface area contributed by atoms with Gasteiger partial charge in [-0.3, -0.25) is 10.1 Å². The summed E-state index contributed by atoms with van der Waals surface area (Å²) >= 11 is 6.07. The molecule has 0 fully saturated rings. The quantitative estimate of drug-likeness (QED) is 0.790. The Kier molecular flexibility index (Phi) is 4.25. The molecule has 3 aromatic rings. The molecule has 23 heavy (non-hydrogen) atoms. The highest BCUT2D eigenvalue weighted by atomic mass is 35.5. The summed E-state index contributed by atoms with van der Waals surface area (Å²) in [7, 11) is 1.56. The number of aromatic nitrogens is 2. The monoisotopic (exact) mass is 329 g/mol. The number of rotatable bonds is 4. The summed E-state index contributed by atoms with van der Waals surface area (Å²) in [4.78, 5) is 12.1. The number of ether oxygens (including phenoxy) is 1. The average Bonchev–Trinajstić information content (AvgIpc) is 3.03. The molecule has 0 aliphatic rings.